The van der Waals surface area contributed by atoms with E-state index in [1.54, 1.807) is 12.1 Å². The van der Waals surface area contributed by atoms with E-state index < -0.39 is 0 Å². The number of nitrogens with zero attached hydrogens (tertiary/aromatic N) is 1. The molecule has 0 spiro atoms. The molecule has 1 aromatic heterocycles. The zero-order valence-corrected chi connectivity index (χ0v) is 13.7. The van der Waals surface area contributed by atoms with Gasteiger partial charge in [0.05, 0.1) is 15.9 Å². The molecular formula is C14H13Br2FN2. The molecule has 1 atom stereocenters. The van der Waals surface area contributed by atoms with Gasteiger partial charge in [0.2, 0.25) is 0 Å². The second-order valence-electron chi connectivity index (χ2n) is 4.31. The van der Waals surface area contributed by atoms with Gasteiger partial charge in [0.15, 0.2) is 0 Å². The lowest BCUT2D eigenvalue weighted by molar-refractivity contribution is 0.619. The third-order valence-electron chi connectivity index (χ3n) is 2.87. The molecular weight excluding hydrogens is 375 g/mol. The quantitative estimate of drug-likeness (QED) is 0.729. The third kappa shape index (κ3) is 3.54. The molecule has 0 saturated carbocycles. The topological polar surface area (TPSA) is 24.9 Å². The van der Waals surface area contributed by atoms with Crippen molar-refractivity contribution in [2.45, 2.75) is 19.9 Å². The van der Waals surface area contributed by atoms with Crippen LogP contribution in [0.1, 0.15) is 24.2 Å². The van der Waals surface area contributed by atoms with Gasteiger partial charge in [-0.3, -0.25) is 0 Å². The Morgan fingerprint density at radius 1 is 1.21 bits per heavy atom. The van der Waals surface area contributed by atoms with Crippen molar-refractivity contribution >= 4 is 37.5 Å². The molecule has 1 unspecified atom stereocenters. The Morgan fingerprint density at radius 2 is 1.95 bits per heavy atom. The third-order valence-corrected chi connectivity index (χ3v) is 3.92. The number of rotatable bonds is 3. The van der Waals surface area contributed by atoms with Crippen molar-refractivity contribution in [3.63, 3.8) is 0 Å². The van der Waals surface area contributed by atoms with Gasteiger partial charge in [-0.15, -0.1) is 0 Å². The Morgan fingerprint density at radius 3 is 2.58 bits per heavy atom. The van der Waals surface area contributed by atoms with Crippen molar-refractivity contribution in [3.05, 3.63) is 56.5 Å². The van der Waals surface area contributed by atoms with Crippen LogP contribution in [0.15, 0.2) is 39.4 Å². The fraction of sp³-hybridized carbons (Fsp3) is 0.214. The van der Waals surface area contributed by atoms with E-state index in [-0.39, 0.29) is 11.9 Å². The number of halogens is 3. The Bertz CT molecular complexity index is 602. The summed E-state index contributed by atoms with van der Waals surface area (Å²) in [5.41, 5.74) is 2.90. The predicted molar refractivity (Wildman–Crippen MR) is 82.8 cm³/mol. The van der Waals surface area contributed by atoms with E-state index in [1.165, 1.54) is 6.07 Å². The highest BCUT2D eigenvalue weighted by Crippen LogP contribution is 2.25. The van der Waals surface area contributed by atoms with Gasteiger partial charge in [0.25, 0.3) is 0 Å². The van der Waals surface area contributed by atoms with Gasteiger partial charge in [0.1, 0.15) is 10.4 Å². The van der Waals surface area contributed by atoms with Crippen LogP contribution in [0.2, 0.25) is 0 Å². The maximum absolute atomic E-state index is 13.2. The molecule has 2 aromatic rings. The van der Waals surface area contributed by atoms with Crippen molar-refractivity contribution in [2.75, 3.05) is 5.32 Å². The first-order valence-corrected chi connectivity index (χ1v) is 7.40. The first-order valence-electron chi connectivity index (χ1n) is 5.82. The van der Waals surface area contributed by atoms with Crippen LogP contribution >= 0.6 is 31.9 Å². The number of hydrogen-bond acceptors (Lipinski definition) is 2. The number of pyridine rings is 1. The first kappa shape index (κ1) is 14.5. The smallest absolute Gasteiger partial charge is 0.137 e. The maximum atomic E-state index is 13.2. The van der Waals surface area contributed by atoms with E-state index in [2.05, 4.69) is 42.2 Å². The summed E-state index contributed by atoms with van der Waals surface area (Å²) in [4.78, 5) is 4.34. The van der Waals surface area contributed by atoms with Crippen LogP contribution in [0.4, 0.5) is 10.1 Å². The van der Waals surface area contributed by atoms with E-state index in [9.17, 15) is 4.39 Å². The van der Waals surface area contributed by atoms with Gasteiger partial charge < -0.3 is 5.32 Å². The average Bonchev–Trinajstić information content (AvgIpc) is 2.36. The lowest BCUT2D eigenvalue weighted by Gasteiger charge is -2.17. The number of anilines is 1. The van der Waals surface area contributed by atoms with Gasteiger partial charge in [-0.1, -0.05) is 6.07 Å². The Hall–Kier alpha value is -0.940. The molecule has 0 saturated heterocycles. The molecule has 5 heteroatoms. The van der Waals surface area contributed by atoms with E-state index in [4.69, 9.17) is 0 Å². The van der Waals surface area contributed by atoms with E-state index in [0.29, 0.717) is 4.47 Å². The molecule has 0 radical (unpaired) electrons. The standard InChI is InChI=1S/C14H13Br2FN2/c1-8(10-3-4-12(17)11(15)7-10)18-13-5-6-14(16)19-9(13)2/h3-8,18H,1-2H3. The normalized spacial score (nSPS) is 12.3. The lowest BCUT2D eigenvalue weighted by atomic mass is 10.1. The summed E-state index contributed by atoms with van der Waals surface area (Å²) in [6, 6.07) is 8.96. The van der Waals surface area contributed by atoms with Crippen LogP contribution in [-0.4, -0.2) is 4.98 Å². The average molecular weight is 388 g/mol. The molecule has 100 valence electrons. The SMILES string of the molecule is Cc1nc(Br)ccc1NC(C)c1ccc(F)c(Br)c1. The number of benzene rings is 1. The molecule has 0 fully saturated rings. The Labute approximate surface area is 128 Å². The van der Waals surface area contributed by atoms with Crippen molar-refractivity contribution < 1.29 is 4.39 Å². The highest BCUT2D eigenvalue weighted by atomic mass is 79.9. The van der Waals surface area contributed by atoms with Crippen LogP contribution in [0.3, 0.4) is 0 Å². The lowest BCUT2D eigenvalue weighted by Crippen LogP contribution is -2.08. The minimum absolute atomic E-state index is 0.0681. The molecule has 19 heavy (non-hydrogen) atoms. The number of hydrogen-bond donors (Lipinski definition) is 1. The molecule has 0 aliphatic carbocycles. The van der Waals surface area contributed by atoms with E-state index in [0.717, 1.165) is 21.5 Å². The molecule has 1 aromatic carbocycles. The second kappa shape index (κ2) is 6.01. The summed E-state index contributed by atoms with van der Waals surface area (Å²) >= 11 is 6.54. The van der Waals surface area contributed by atoms with Crippen LogP contribution in [0.25, 0.3) is 0 Å². The summed E-state index contributed by atoms with van der Waals surface area (Å²) in [7, 11) is 0. The summed E-state index contributed by atoms with van der Waals surface area (Å²) < 4.78 is 14.5. The molecule has 2 rings (SSSR count). The molecule has 1 N–H and O–H groups in total. The predicted octanol–water partition coefficient (Wildman–Crippen LogP) is 5.23. The van der Waals surface area contributed by atoms with E-state index >= 15 is 0 Å². The van der Waals surface area contributed by atoms with Crippen LogP contribution in [0.5, 0.6) is 0 Å². The minimum atomic E-state index is -0.252. The van der Waals surface area contributed by atoms with Crippen molar-refractivity contribution in [1.29, 1.82) is 0 Å². The van der Waals surface area contributed by atoms with Gasteiger partial charge in [-0.25, -0.2) is 9.37 Å². The van der Waals surface area contributed by atoms with Crippen molar-refractivity contribution in [2.24, 2.45) is 0 Å². The Balaban J connectivity index is 2.20. The molecule has 0 bridgehead atoms. The van der Waals surface area contributed by atoms with Gasteiger partial charge in [-0.2, -0.15) is 0 Å². The molecule has 1 heterocycles. The highest BCUT2D eigenvalue weighted by Gasteiger charge is 2.09. The molecule has 0 amide bonds. The summed E-state index contributed by atoms with van der Waals surface area (Å²) in [5, 5.41) is 3.37. The van der Waals surface area contributed by atoms with Crippen molar-refractivity contribution in [3.8, 4) is 0 Å². The molecule has 2 nitrogen and oxygen atoms in total. The van der Waals surface area contributed by atoms with E-state index in [1.807, 2.05) is 26.0 Å². The fourth-order valence-corrected chi connectivity index (χ4v) is 2.58. The fourth-order valence-electron chi connectivity index (χ4n) is 1.78. The largest absolute Gasteiger partial charge is 0.377 e. The maximum Gasteiger partial charge on any atom is 0.137 e. The van der Waals surface area contributed by atoms with Crippen LogP contribution in [-0.2, 0) is 0 Å². The monoisotopic (exact) mass is 386 g/mol. The number of aryl methyl sites for hydroxylation is 1. The summed E-state index contributed by atoms with van der Waals surface area (Å²) in [6.07, 6.45) is 0. The van der Waals surface area contributed by atoms with Crippen LogP contribution in [0, 0.1) is 12.7 Å². The zero-order valence-electron chi connectivity index (χ0n) is 10.5. The first-order chi connectivity index (χ1) is 8.97. The minimum Gasteiger partial charge on any atom is -0.377 e. The summed E-state index contributed by atoms with van der Waals surface area (Å²) in [6.45, 7) is 3.97. The van der Waals surface area contributed by atoms with Gasteiger partial charge in [-0.05, 0) is 75.5 Å². The zero-order chi connectivity index (χ0) is 14.0. The van der Waals surface area contributed by atoms with Gasteiger partial charge in [0, 0.05) is 6.04 Å². The van der Waals surface area contributed by atoms with Crippen LogP contribution < -0.4 is 5.32 Å². The highest BCUT2D eigenvalue weighted by molar-refractivity contribution is 9.10. The molecule has 0 aliphatic rings. The number of aromatic nitrogens is 1. The van der Waals surface area contributed by atoms with Crippen molar-refractivity contribution in [1.82, 2.24) is 4.98 Å². The summed E-state index contributed by atoms with van der Waals surface area (Å²) in [5.74, 6) is -0.252. The molecule has 0 aliphatic heterocycles. The number of nitrogens with one attached hydrogen (secondary N) is 1. The van der Waals surface area contributed by atoms with Gasteiger partial charge >= 0.3 is 0 Å². The second-order valence-corrected chi connectivity index (χ2v) is 5.97. The Kier molecular flexibility index (Phi) is 4.58.